The Bertz CT molecular complexity index is 937. The molecule has 0 atom stereocenters. The second-order valence-corrected chi connectivity index (χ2v) is 7.75. The summed E-state index contributed by atoms with van der Waals surface area (Å²) in [6.07, 6.45) is 2.71. The molecule has 0 aliphatic carbocycles. The molecular formula is C18H16BrN3O3S. The minimum Gasteiger partial charge on any atom is -0.454 e. The van der Waals surface area contributed by atoms with Crippen LogP contribution >= 0.6 is 27.3 Å². The molecule has 0 saturated heterocycles. The van der Waals surface area contributed by atoms with Crippen LogP contribution in [0.15, 0.2) is 46.4 Å². The highest BCUT2D eigenvalue weighted by Crippen LogP contribution is 2.32. The molecule has 8 heteroatoms. The molecule has 2 aromatic heterocycles. The summed E-state index contributed by atoms with van der Waals surface area (Å²) >= 11 is 5.10. The number of thiophene rings is 1. The molecule has 1 aliphatic heterocycles. The lowest BCUT2D eigenvalue weighted by molar-refractivity contribution is -0.116. The van der Waals surface area contributed by atoms with E-state index in [1.54, 1.807) is 28.3 Å². The first-order chi connectivity index (χ1) is 12.7. The zero-order chi connectivity index (χ0) is 17.9. The summed E-state index contributed by atoms with van der Waals surface area (Å²) < 4.78 is 13.5. The van der Waals surface area contributed by atoms with Crippen molar-refractivity contribution in [2.45, 2.75) is 19.4 Å². The van der Waals surface area contributed by atoms with E-state index in [1.807, 2.05) is 23.6 Å². The van der Waals surface area contributed by atoms with Crippen LogP contribution in [0, 0.1) is 0 Å². The number of ether oxygens (including phenoxy) is 2. The summed E-state index contributed by atoms with van der Waals surface area (Å²) in [6, 6.07) is 9.62. The zero-order valence-corrected chi connectivity index (χ0v) is 16.2. The standard InChI is InChI=1S/C18H16BrN3O3S/c19-13-8-14(26-10-13)9-22-17(5-6-20-22)21-18(23)4-2-12-1-3-15-16(7-12)25-11-24-15/h1,3,5-8,10H,2,4,9,11H2,(H,21,23). The van der Waals surface area contributed by atoms with Crippen LogP contribution < -0.4 is 14.8 Å². The van der Waals surface area contributed by atoms with Gasteiger partial charge in [0.25, 0.3) is 0 Å². The minimum absolute atomic E-state index is 0.0447. The predicted octanol–water partition coefficient (Wildman–Crippen LogP) is 4.06. The summed E-state index contributed by atoms with van der Waals surface area (Å²) in [5, 5.41) is 9.26. The normalized spacial score (nSPS) is 12.3. The van der Waals surface area contributed by atoms with Crippen molar-refractivity contribution >= 4 is 39.0 Å². The first-order valence-electron chi connectivity index (χ1n) is 8.10. The Morgan fingerprint density at radius 3 is 3.00 bits per heavy atom. The van der Waals surface area contributed by atoms with Gasteiger partial charge in [-0.2, -0.15) is 5.10 Å². The largest absolute Gasteiger partial charge is 0.454 e. The Kier molecular flexibility index (Phi) is 4.94. The number of rotatable bonds is 6. The van der Waals surface area contributed by atoms with Crippen LogP contribution in [0.3, 0.4) is 0 Å². The number of aryl methyl sites for hydroxylation is 1. The lowest BCUT2D eigenvalue weighted by atomic mass is 10.1. The molecule has 3 aromatic rings. The third-order valence-electron chi connectivity index (χ3n) is 3.99. The molecule has 4 rings (SSSR count). The van der Waals surface area contributed by atoms with Crippen LogP contribution in [-0.4, -0.2) is 22.5 Å². The maximum absolute atomic E-state index is 12.3. The number of nitrogens with one attached hydrogen (secondary N) is 1. The number of anilines is 1. The number of carbonyl (C=O) groups is 1. The number of hydrogen-bond acceptors (Lipinski definition) is 5. The molecule has 1 aliphatic rings. The molecule has 1 N–H and O–H groups in total. The minimum atomic E-state index is -0.0447. The monoisotopic (exact) mass is 433 g/mol. The molecule has 0 fully saturated rings. The maximum Gasteiger partial charge on any atom is 0.231 e. The van der Waals surface area contributed by atoms with Crippen LogP contribution in [0.1, 0.15) is 16.9 Å². The van der Waals surface area contributed by atoms with Crippen LogP contribution in [0.25, 0.3) is 0 Å². The molecule has 0 spiro atoms. The smallest absolute Gasteiger partial charge is 0.231 e. The first-order valence-corrected chi connectivity index (χ1v) is 9.78. The van der Waals surface area contributed by atoms with E-state index in [-0.39, 0.29) is 12.7 Å². The van der Waals surface area contributed by atoms with E-state index in [0.717, 1.165) is 26.4 Å². The van der Waals surface area contributed by atoms with E-state index in [9.17, 15) is 4.79 Å². The molecule has 134 valence electrons. The van der Waals surface area contributed by atoms with Crippen molar-refractivity contribution < 1.29 is 14.3 Å². The van der Waals surface area contributed by atoms with Crippen molar-refractivity contribution in [1.29, 1.82) is 0 Å². The average Bonchev–Trinajstić information content (AvgIpc) is 3.35. The average molecular weight is 434 g/mol. The van der Waals surface area contributed by atoms with Crippen LogP contribution in [0.4, 0.5) is 5.82 Å². The maximum atomic E-state index is 12.3. The molecule has 3 heterocycles. The van der Waals surface area contributed by atoms with Crippen molar-refractivity contribution in [3.63, 3.8) is 0 Å². The third kappa shape index (κ3) is 3.91. The number of nitrogens with zero attached hydrogens (tertiary/aromatic N) is 2. The second kappa shape index (κ2) is 7.51. The summed E-state index contributed by atoms with van der Waals surface area (Å²) in [7, 11) is 0. The van der Waals surface area contributed by atoms with Gasteiger partial charge in [0, 0.05) is 27.2 Å². The van der Waals surface area contributed by atoms with Gasteiger partial charge in [-0.1, -0.05) is 6.07 Å². The molecule has 0 bridgehead atoms. The Morgan fingerprint density at radius 1 is 1.27 bits per heavy atom. The fourth-order valence-electron chi connectivity index (χ4n) is 2.71. The number of benzene rings is 1. The van der Waals surface area contributed by atoms with E-state index in [1.165, 1.54) is 0 Å². The lowest BCUT2D eigenvalue weighted by Crippen LogP contribution is -2.16. The number of carbonyl (C=O) groups excluding carboxylic acids is 1. The van der Waals surface area contributed by atoms with Crippen molar-refractivity contribution in [1.82, 2.24) is 9.78 Å². The van der Waals surface area contributed by atoms with E-state index in [0.29, 0.717) is 25.2 Å². The number of fused-ring (bicyclic) bond motifs is 1. The van der Waals surface area contributed by atoms with Gasteiger partial charge < -0.3 is 14.8 Å². The fourth-order valence-corrected chi connectivity index (χ4v) is 4.14. The van der Waals surface area contributed by atoms with Crippen molar-refractivity contribution in [3.05, 3.63) is 56.8 Å². The Balaban J connectivity index is 1.34. The van der Waals surface area contributed by atoms with E-state index < -0.39 is 0 Å². The molecule has 26 heavy (non-hydrogen) atoms. The predicted molar refractivity (Wildman–Crippen MR) is 103 cm³/mol. The van der Waals surface area contributed by atoms with Gasteiger partial charge in [0.1, 0.15) is 5.82 Å². The fraction of sp³-hybridized carbons (Fsp3) is 0.222. The summed E-state index contributed by atoms with van der Waals surface area (Å²) in [5.74, 6) is 2.15. The van der Waals surface area contributed by atoms with E-state index in [4.69, 9.17) is 9.47 Å². The topological polar surface area (TPSA) is 65.4 Å². The van der Waals surface area contributed by atoms with E-state index in [2.05, 4.69) is 32.4 Å². The van der Waals surface area contributed by atoms with Gasteiger partial charge in [-0.05, 0) is 46.1 Å². The highest BCUT2D eigenvalue weighted by atomic mass is 79.9. The molecule has 6 nitrogen and oxygen atoms in total. The zero-order valence-electron chi connectivity index (χ0n) is 13.8. The molecule has 1 aromatic carbocycles. The Labute approximate surface area is 162 Å². The van der Waals surface area contributed by atoms with Crippen molar-refractivity contribution in [2.75, 3.05) is 12.1 Å². The summed E-state index contributed by atoms with van der Waals surface area (Å²) in [6.45, 7) is 0.880. The van der Waals surface area contributed by atoms with Gasteiger partial charge in [0.2, 0.25) is 12.7 Å². The number of amides is 1. The third-order valence-corrected chi connectivity index (χ3v) is 5.67. The SMILES string of the molecule is O=C(CCc1ccc2c(c1)OCO2)Nc1ccnn1Cc1cc(Br)cs1. The van der Waals surface area contributed by atoms with Gasteiger partial charge in [0.15, 0.2) is 11.5 Å². The van der Waals surface area contributed by atoms with Gasteiger partial charge >= 0.3 is 0 Å². The summed E-state index contributed by atoms with van der Waals surface area (Å²) in [4.78, 5) is 13.5. The molecule has 0 saturated carbocycles. The quantitative estimate of drug-likeness (QED) is 0.636. The Hall–Kier alpha value is -2.32. The van der Waals surface area contributed by atoms with Crippen LogP contribution in [0.2, 0.25) is 0 Å². The number of aromatic nitrogens is 2. The Morgan fingerprint density at radius 2 is 2.15 bits per heavy atom. The molecule has 0 radical (unpaired) electrons. The highest BCUT2D eigenvalue weighted by molar-refractivity contribution is 9.10. The molecular weight excluding hydrogens is 418 g/mol. The number of hydrogen-bond donors (Lipinski definition) is 1. The summed E-state index contributed by atoms with van der Waals surface area (Å²) in [5.41, 5.74) is 1.04. The highest BCUT2D eigenvalue weighted by Gasteiger charge is 2.14. The van der Waals surface area contributed by atoms with Gasteiger partial charge in [-0.3, -0.25) is 4.79 Å². The second-order valence-electron chi connectivity index (χ2n) is 5.84. The molecule has 0 unspecified atom stereocenters. The first kappa shape index (κ1) is 17.1. The lowest BCUT2D eigenvalue weighted by Gasteiger charge is -2.08. The van der Waals surface area contributed by atoms with Crippen molar-refractivity contribution in [3.8, 4) is 11.5 Å². The van der Waals surface area contributed by atoms with E-state index >= 15 is 0 Å². The molecule has 1 amide bonds. The van der Waals surface area contributed by atoms with Gasteiger partial charge in [-0.25, -0.2) is 4.68 Å². The van der Waals surface area contributed by atoms with Crippen LogP contribution in [0.5, 0.6) is 11.5 Å². The number of halogens is 1. The van der Waals surface area contributed by atoms with Crippen LogP contribution in [-0.2, 0) is 17.8 Å². The van der Waals surface area contributed by atoms with Crippen molar-refractivity contribution in [2.24, 2.45) is 0 Å². The van der Waals surface area contributed by atoms with Gasteiger partial charge in [-0.15, -0.1) is 11.3 Å². The van der Waals surface area contributed by atoms with Gasteiger partial charge in [0.05, 0.1) is 12.7 Å².